The van der Waals surface area contributed by atoms with Crippen LogP contribution in [0.3, 0.4) is 0 Å². The van der Waals surface area contributed by atoms with Crippen molar-refractivity contribution in [2.24, 2.45) is 5.92 Å². The fraction of sp³-hybridized carbons (Fsp3) is 0.417. The zero-order valence-electron chi connectivity index (χ0n) is 19.0. The van der Waals surface area contributed by atoms with Crippen molar-refractivity contribution in [3.63, 3.8) is 0 Å². The van der Waals surface area contributed by atoms with Crippen molar-refractivity contribution in [3.8, 4) is 0 Å². The number of nitrogens with zero attached hydrogens (tertiary/aromatic N) is 5. The lowest BCUT2D eigenvalue weighted by Crippen LogP contribution is -2.46. The van der Waals surface area contributed by atoms with E-state index in [4.69, 9.17) is 4.52 Å². The summed E-state index contributed by atoms with van der Waals surface area (Å²) in [6.45, 7) is 6.98. The molecule has 0 bridgehead atoms. The molecule has 2 N–H and O–H groups in total. The monoisotopic (exact) mass is 445 g/mol. The Morgan fingerprint density at radius 3 is 2.88 bits per heavy atom. The zero-order valence-corrected chi connectivity index (χ0v) is 19.0. The van der Waals surface area contributed by atoms with Gasteiger partial charge in [0, 0.05) is 56.6 Å². The van der Waals surface area contributed by atoms with Crippen LogP contribution in [-0.2, 0) is 13.0 Å². The number of aryl methyl sites for hydroxylation is 1. The van der Waals surface area contributed by atoms with Gasteiger partial charge >= 0.3 is 0 Å². The standard InChI is InChI=1S/C24H27N7O2/c1-4-15-8-17-18(28-24(15)32)7-14(10-26-17)12-30-5-6-31(22-13(2)21(22)30)16-9-19-20(27-11-16)23(25-3)29-33-19/h7-11,13,21-22H,4-6,12H2,1-3H3,(H,25,29)(H,28,32)/t13-,21+,22-/m0/s1. The Labute approximate surface area is 190 Å². The second kappa shape index (κ2) is 7.55. The van der Waals surface area contributed by atoms with Crippen LogP contribution < -0.4 is 15.8 Å². The number of nitrogens with one attached hydrogen (secondary N) is 2. The van der Waals surface area contributed by atoms with Crippen LogP contribution in [0.5, 0.6) is 0 Å². The van der Waals surface area contributed by atoms with E-state index in [2.05, 4.69) is 48.2 Å². The third kappa shape index (κ3) is 3.26. The van der Waals surface area contributed by atoms with Crippen LogP contribution >= 0.6 is 0 Å². The number of hydrogen-bond acceptors (Lipinski definition) is 8. The average Bonchev–Trinajstić information content (AvgIpc) is 3.33. The number of fused-ring (bicyclic) bond motifs is 3. The van der Waals surface area contributed by atoms with Crippen LogP contribution in [0.1, 0.15) is 25.0 Å². The number of anilines is 2. The number of aromatic amines is 1. The van der Waals surface area contributed by atoms with Gasteiger partial charge in [-0.2, -0.15) is 0 Å². The summed E-state index contributed by atoms with van der Waals surface area (Å²) in [6, 6.07) is 6.94. The van der Waals surface area contributed by atoms with E-state index in [1.165, 1.54) is 0 Å². The zero-order chi connectivity index (χ0) is 22.7. The van der Waals surface area contributed by atoms with Gasteiger partial charge in [0.2, 0.25) is 0 Å². The maximum atomic E-state index is 12.2. The second-order valence-electron chi connectivity index (χ2n) is 9.08. The lowest BCUT2D eigenvalue weighted by atomic mass is 10.1. The van der Waals surface area contributed by atoms with Gasteiger partial charge < -0.3 is 19.7 Å². The summed E-state index contributed by atoms with van der Waals surface area (Å²) in [6.07, 6.45) is 4.57. The first-order chi connectivity index (χ1) is 16.1. The summed E-state index contributed by atoms with van der Waals surface area (Å²) < 4.78 is 5.46. The largest absolute Gasteiger partial charge is 0.369 e. The lowest BCUT2D eigenvalue weighted by molar-refractivity contribution is 0.228. The molecule has 4 aromatic rings. The molecule has 0 spiro atoms. The van der Waals surface area contributed by atoms with Crippen LogP contribution in [-0.4, -0.2) is 57.2 Å². The summed E-state index contributed by atoms with van der Waals surface area (Å²) in [5, 5.41) is 7.05. The fourth-order valence-corrected chi connectivity index (χ4v) is 5.35. The third-order valence-electron chi connectivity index (χ3n) is 7.15. The van der Waals surface area contributed by atoms with Crippen LogP contribution in [0.4, 0.5) is 11.5 Å². The Morgan fingerprint density at radius 2 is 2.06 bits per heavy atom. The maximum Gasteiger partial charge on any atom is 0.251 e. The molecule has 33 heavy (non-hydrogen) atoms. The van der Waals surface area contributed by atoms with Gasteiger partial charge in [0.25, 0.3) is 5.56 Å². The molecule has 0 radical (unpaired) electrons. The van der Waals surface area contributed by atoms with Crippen molar-refractivity contribution < 1.29 is 4.52 Å². The summed E-state index contributed by atoms with van der Waals surface area (Å²) >= 11 is 0. The molecule has 4 aromatic heterocycles. The predicted molar refractivity (Wildman–Crippen MR) is 128 cm³/mol. The summed E-state index contributed by atoms with van der Waals surface area (Å²) in [7, 11) is 1.81. The Hall–Kier alpha value is -3.46. The molecular formula is C24H27N7O2. The van der Waals surface area contributed by atoms with E-state index in [9.17, 15) is 4.79 Å². The second-order valence-corrected chi connectivity index (χ2v) is 9.08. The van der Waals surface area contributed by atoms with Gasteiger partial charge in [0.15, 0.2) is 16.9 Å². The first-order valence-electron chi connectivity index (χ1n) is 11.5. The Kier molecular flexibility index (Phi) is 4.62. The fourth-order valence-electron chi connectivity index (χ4n) is 5.35. The minimum Gasteiger partial charge on any atom is -0.369 e. The molecule has 2 aliphatic rings. The molecule has 1 aliphatic heterocycles. The third-order valence-corrected chi connectivity index (χ3v) is 7.15. The quantitative estimate of drug-likeness (QED) is 0.483. The first kappa shape index (κ1) is 20.2. The SMILES string of the molecule is CCc1cc2ncc(CN3CCN(c4cnc5c(NC)noc5c4)[C@H]4[C@@H](C)[C@H]43)cc2[nH]c1=O. The van der Waals surface area contributed by atoms with E-state index in [1.54, 1.807) is 0 Å². The molecule has 170 valence electrons. The molecular weight excluding hydrogens is 418 g/mol. The van der Waals surface area contributed by atoms with E-state index in [1.807, 2.05) is 38.5 Å². The van der Waals surface area contributed by atoms with Gasteiger partial charge in [-0.25, -0.2) is 4.98 Å². The van der Waals surface area contributed by atoms with Crippen molar-refractivity contribution >= 4 is 33.6 Å². The molecule has 1 aliphatic carbocycles. The molecule has 1 saturated carbocycles. The first-order valence-corrected chi connectivity index (χ1v) is 11.5. The molecule has 2 fully saturated rings. The van der Waals surface area contributed by atoms with Gasteiger partial charge in [-0.15, -0.1) is 0 Å². The van der Waals surface area contributed by atoms with E-state index in [0.29, 0.717) is 35.8 Å². The average molecular weight is 446 g/mol. The van der Waals surface area contributed by atoms with Crippen LogP contribution in [0.2, 0.25) is 0 Å². The van der Waals surface area contributed by atoms with E-state index < -0.39 is 0 Å². The topological polar surface area (TPSA) is 103 Å². The molecule has 0 unspecified atom stereocenters. The summed E-state index contributed by atoms with van der Waals surface area (Å²) in [5.41, 5.74) is 6.06. The van der Waals surface area contributed by atoms with Crippen LogP contribution in [0.25, 0.3) is 22.1 Å². The number of piperazine rings is 1. The van der Waals surface area contributed by atoms with Crippen molar-refractivity contribution in [1.29, 1.82) is 0 Å². The van der Waals surface area contributed by atoms with E-state index in [-0.39, 0.29) is 5.56 Å². The Morgan fingerprint density at radius 1 is 1.18 bits per heavy atom. The molecule has 1 saturated heterocycles. The summed E-state index contributed by atoms with van der Waals surface area (Å²) in [4.78, 5) is 29.4. The highest BCUT2D eigenvalue weighted by atomic mass is 16.5. The number of hydrogen-bond donors (Lipinski definition) is 2. The van der Waals surface area contributed by atoms with Crippen LogP contribution in [0, 0.1) is 5.92 Å². The molecule has 6 rings (SSSR count). The lowest BCUT2D eigenvalue weighted by Gasteiger charge is -2.35. The number of H-pyrrole nitrogens is 1. The minimum atomic E-state index is -0.0207. The number of rotatable bonds is 5. The van der Waals surface area contributed by atoms with Gasteiger partial charge in [0.1, 0.15) is 0 Å². The van der Waals surface area contributed by atoms with Crippen molar-refractivity contribution in [1.82, 2.24) is 25.0 Å². The maximum absolute atomic E-state index is 12.2. The highest BCUT2D eigenvalue weighted by Gasteiger charge is 2.56. The Bertz CT molecular complexity index is 1410. The highest BCUT2D eigenvalue weighted by Crippen LogP contribution is 2.45. The molecule has 0 amide bonds. The smallest absolute Gasteiger partial charge is 0.251 e. The van der Waals surface area contributed by atoms with Crippen molar-refractivity contribution in [2.75, 3.05) is 30.4 Å². The number of pyridine rings is 3. The minimum absolute atomic E-state index is 0.0207. The molecule has 9 heteroatoms. The molecule has 0 aromatic carbocycles. The molecule has 5 heterocycles. The van der Waals surface area contributed by atoms with Crippen molar-refractivity contribution in [3.05, 3.63) is 52.1 Å². The highest BCUT2D eigenvalue weighted by molar-refractivity contribution is 5.86. The van der Waals surface area contributed by atoms with Crippen LogP contribution in [0.15, 0.2) is 39.9 Å². The van der Waals surface area contributed by atoms with Gasteiger partial charge in [-0.05, 0) is 30.0 Å². The van der Waals surface area contributed by atoms with Gasteiger partial charge in [-0.3, -0.25) is 14.7 Å². The normalized spacial score (nSPS) is 22.6. The van der Waals surface area contributed by atoms with Gasteiger partial charge in [-0.1, -0.05) is 19.0 Å². The molecule has 3 atom stereocenters. The summed E-state index contributed by atoms with van der Waals surface area (Å²) in [5.74, 6) is 1.22. The van der Waals surface area contributed by atoms with Gasteiger partial charge in [0.05, 0.1) is 22.9 Å². The number of aromatic nitrogens is 4. The molecule has 9 nitrogen and oxygen atoms in total. The van der Waals surface area contributed by atoms with E-state index in [0.717, 1.165) is 53.0 Å². The predicted octanol–water partition coefficient (Wildman–Crippen LogP) is 2.77. The van der Waals surface area contributed by atoms with E-state index >= 15 is 0 Å². The Balaban J connectivity index is 1.21. The van der Waals surface area contributed by atoms with Crippen molar-refractivity contribution in [2.45, 2.75) is 38.9 Å².